The summed E-state index contributed by atoms with van der Waals surface area (Å²) in [6.07, 6.45) is 4.06. The first-order valence-corrected chi connectivity index (χ1v) is 8.02. The third kappa shape index (κ3) is 2.86. The van der Waals surface area contributed by atoms with Crippen molar-refractivity contribution in [3.63, 3.8) is 0 Å². The molecule has 2 fully saturated rings. The van der Waals surface area contributed by atoms with E-state index in [1.165, 1.54) is 31.5 Å². The summed E-state index contributed by atoms with van der Waals surface area (Å²) in [7, 11) is 0. The van der Waals surface area contributed by atoms with Gasteiger partial charge in [-0.2, -0.15) is 0 Å². The van der Waals surface area contributed by atoms with Gasteiger partial charge in [0.05, 0.1) is 10.7 Å². The van der Waals surface area contributed by atoms with Gasteiger partial charge in [0.15, 0.2) is 0 Å². The molecule has 104 valence electrons. The summed E-state index contributed by atoms with van der Waals surface area (Å²) in [5.74, 6) is 0.524. The van der Waals surface area contributed by atoms with Crippen molar-refractivity contribution in [1.29, 1.82) is 0 Å². The zero-order valence-electron chi connectivity index (χ0n) is 11.1. The Hall–Kier alpha value is -0.440. The van der Waals surface area contributed by atoms with Crippen LogP contribution in [0.2, 0.25) is 5.02 Å². The fourth-order valence-electron chi connectivity index (χ4n) is 3.26. The molecule has 1 unspecified atom stereocenters. The van der Waals surface area contributed by atoms with E-state index in [0.717, 1.165) is 30.2 Å². The molecule has 1 atom stereocenters. The Balaban J connectivity index is 1.75. The van der Waals surface area contributed by atoms with Crippen LogP contribution in [0.5, 0.6) is 0 Å². The van der Waals surface area contributed by atoms with Crippen molar-refractivity contribution >= 4 is 28.9 Å². The van der Waals surface area contributed by atoms with Gasteiger partial charge in [0.25, 0.3) is 0 Å². The van der Waals surface area contributed by atoms with Gasteiger partial charge in [-0.1, -0.05) is 24.1 Å². The van der Waals surface area contributed by atoms with E-state index in [4.69, 9.17) is 23.2 Å². The predicted octanol–water partition coefficient (Wildman–Crippen LogP) is 3.75. The lowest BCUT2D eigenvalue weighted by Crippen LogP contribution is -2.54. The molecular weight excluding hydrogens is 279 g/mol. The number of anilines is 1. The molecule has 3 rings (SSSR count). The highest BCUT2D eigenvalue weighted by atomic mass is 35.5. The fraction of sp³-hybridized carbons (Fsp3) is 0.600. The van der Waals surface area contributed by atoms with Crippen LogP contribution < -0.4 is 4.90 Å². The summed E-state index contributed by atoms with van der Waals surface area (Å²) < 4.78 is 0. The number of benzene rings is 1. The summed E-state index contributed by atoms with van der Waals surface area (Å²) in [6.45, 7) is 4.63. The average Bonchev–Trinajstić information content (AvgIpc) is 2.46. The molecule has 4 heteroatoms. The Morgan fingerprint density at radius 1 is 1.16 bits per heavy atom. The Kier molecular flexibility index (Phi) is 4.21. The highest BCUT2D eigenvalue weighted by Gasteiger charge is 2.29. The lowest BCUT2D eigenvalue weighted by atomic mass is 9.99. The molecule has 2 aliphatic heterocycles. The molecule has 0 aliphatic carbocycles. The molecule has 2 nitrogen and oxygen atoms in total. The van der Waals surface area contributed by atoms with Crippen molar-refractivity contribution in [3.8, 4) is 0 Å². The van der Waals surface area contributed by atoms with E-state index in [1.54, 1.807) is 0 Å². The second kappa shape index (κ2) is 5.90. The number of piperazine rings is 1. The quantitative estimate of drug-likeness (QED) is 0.767. The molecule has 2 heterocycles. The summed E-state index contributed by atoms with van der Waals surface area (Å²) in [4.78, 5) is 5.08. The van der Waals surface area contributed by atoms with Gasteiger partial charge < -0.3 is 4.90 Å². The van der Waals surface area contributed by atoms with Gasteiger partial charge in [-0.25, -0.2) is 0 Å². The molecular formula is C15H20Cl2N2. The average molecular weight is 299 g/mol. The standard InChI is InChI=1S/C15H20Cl2N2/c16-10-12-4-5-15(14(17)9-12)19-8-7-18-6-2-1-3-13(18)11-19/h4-5,9,13H,1-3,6-8,10-11H2. The van der Waals surface area contributed by atoms with Crippen LogP contribution in [0.1, 0.15) is 24.8 Å². The van der Waals surface area contributed by atoms with Crippen LogP contribution in [0.3, 0.4) is 0 Å². The van der Waals surface area contributed by atoms with Crippen LogP contribution in [-0.4, -0.2) is 37.1 Å². The minimum atomic E-state index is 0.524. The maximum absolute atomic E-state index is 6.40. The Morgan fingerprint density at radius 3 is 2.84 bits per heavy atom. The monoisotopic (exact) mass is 298 g/mol. The van der Waals surface area contributed by atoms with E-state index < -0.39 is 0 Å². The first-order valence-electron chi connectivity index (χ1n) is 7.11. The number of alkyl halides is 1. The topological polar surface area (TPSA) is 6.48 Å². The van der Waals surface area contributed by atoms with E-state index in [9.17, 15) is 0 Å². The lowest BCUT2D eigenvalue weighted by molar-refractivity contribution is 0.133. The van der Waals surface area contributed by atoms with Crippen LogP contribution in [-0.2, 0) is 5.88 Å². The molecule has 19 heavy (non-hydrogen) atoms. The number of fused-ring (bicyclic) bond motifs is 1. The smallest absolute Gasteiger partial charge is 0.0642 e. The van der Waals surface area contributed by atoms with Crippen LogP contribution in [0.15, 0.2) is 18.2 Å². The SMILES string of the molecule is ClCc1ccc(N2CCN3CCCCC3C2)c(Cl)c1. The van der Waals surface area contributed by atoms with Gasteiger partial charge in [-0.15, -0.1) is 11.6 Å². The Morgan fingerprint density at radius 2 is 2.05 bits per heavy atom. The Labute approximate surface area is 125 Å². The molecule has 0 spiro atoms. The van der Waals surface area contributed by atoms with Crippen LogP contribution >= 0.6 is 23.2 Å². The van der Waals surface area contributed by atoms with Crippen molar-refractivity contribution in [3.05, 3.63) is 28.8 Å². The molecule has 0 aromatic heterocycles. The molecule has 0 saturated carbocycles. The van der Waals surface area contributed by atoms with Crippen LogP contribution in [0.4, 0.5) is 5.69 Å². The zero-order valence-corrected chi connectivity index (χ0v) is 12.6. The largest absolute Gasteiger partial charge is 0.367 e. The van der Waals surface area contributed by atoms with Gasteiger partial charge >= 0.3 is 0 Å². The number of hydrogen-bond donors (Lipinski definition) is 0. The summed E-state index contributed by atoms with van der Waals surface area (Å²) in [6, 6.07) is 6.92. The summed E-state index contributed by atoms with van der Waals surface area (Å²) in [5.41, 5.74) is 2.26. The van der Waals surface area contributed by atoms with E-state index in [-0.39, 0.29) is 0 Å². The second-order valence-corrected chi connectivity index (χ2v) is 6.23. The summed E-state index contributed by atoms with van der Waals surface area (Å²) >= 11 is 12.3. The van der Waals surface area contributed by atoms with Gasteiger partial charge in [0.1, 0.15) is 0 Å². The fourth-order valence-corrected chi connectivity index (χ4v) is 3.75. The molecule has 0 radical (unpaired) electrons. The number of hydrogen-bond acceptors (Lipinski definition) is 2. The first-order chi connectivity index (χ1) is 9.28. The van der Waals surface area contributed by atoms with Gasteiger partial charge in [0.2, 0.25) is 0 Å². The maximum Gasteiger partial charge on any atom is 0.0642 e. The van der Waals surface area contributed by atoms with Crippen molar-refractivity contribution in [2.45, 2.75) is 31.2 Å². The van der Waals surface area contributed by atoms with Crippen LogP contribution in [0.25, 0.3) is 0 Å². The van der Waals surface area contributed by atoms with Crippen LogP contribution in [0, 0.1) is 0 Å². The minimum Gasteiger partial charge on any atom is -0.367 e. The van der Waals surface area contributed by atoms with Crippen molar-refractivity contribution < 1.29 is 0 Å². The molecule has 0 amide bonds. The van der Waals surface area contributed by atoms with Crippen molar-refractivity contribution in [2.24, 2.45) is 0 Å². The third-order valence-electron chi connectivity index (χ3n) is 4.34. The number of piperidine rings is 1. The highest BCUT2D eigenvalue weighted by molar-refractivity contribution is 6.33. The maximum atomic E-state index is 6.40. The molecule has 2 saturated heterocycles. The molecule has 0 bridgehead atoms. The molecule has 1 aromatic carbocycles. The van der Waals surface area contributed by atoms with Gasteiger partial charge in [-0.05, 0) is 37.1 Å². The first kappa shape index (κ1) is 13.5. The van der Waals surface area contributed by atoms with E-state index >= 15 is 0 Å². The predicted molar refractivity (Wildman–Crippen MR) is 82.4 cm³/mol. The van der Waals surface area contributed by atoms with E-state index in [0.29, 0.717) is 11.9 Å². The number of halogens is 2. The molecule has 1 aromatic rings. The molecule has 2 aliphatic rings. The van der Waals surface area contributed by atoms with E-state index in [2.05, 4.69) is 21.9 Å². The summed E-state index contributed by atoms with van der Waals surface area (Å²) in [5, 5.41) is 0.836. The van der Waals surface area contributed by atoms with Crippen molar-refractivity contribution in [1.82, 2.24) is 4.90 Å². The lowest BCUT2D eigenvalue weighted by Gasteiger charge is -2.45. The molecule has 0 N–H and O–H groups in total. The third-order valence-corrected chi connectivity index (χ3v) is 4.96. The normalized spacial score (nSPS) is 24.3. The number of nitrogens with zero attached hydrogens (tertiary/aromatic N) is 2. The van der Waals surface area contributed by atoms with Gasteiger partial charge in [-0.3, -0.25) is 4.90 Å². The Bertz CT molecular complexity index is 450. The second-order valence-electron chi connectivity index (χ2n) is 5.55. The highest BCUT2D eigenvalue weighted by Crippen LogP contribution is 2.31. The van der Waals surface area contributed by atoms with Gasteiger partial charge in [0, 0.05) is 31.6 Å². The van der Waals surface area contributed by atoms with E-state index in [1.807, 2.05) is 6.07 Å². The number of rotatable bonds is 2. The minimum absolute atomic E-state index is 0.524. The van der Waals surface area contributed by atoms with Crippen molar-refractivity contribution in [2.75, 3.05) is 31.1 Å². The zero-order chi connectivity index (χ0) is 13.2.